The topological polar surface area (TPSA) is 46.6 Å². The average molecular weight is 261 g/mol. The quantitative estimate of drug-likeness (QED) is 0.780. The largest absolute Gasteiger partial charge is 0.466 e. The molecule has 0 N–H and O–H groups in total. The second-order valence-electron chi connectivity index (χ2n) is 4.79. The van der Waals surface area contributed by atoms with Crippen LogP contribution in [0.25, 0.3) is 0 Å². The van der Waals surface area contributed by atoms with Crippen LogP contribution < -0.4 is 0 Å². The average Bonchev–Trinajstić information content (AvgIpc) is 2.81. The third-order valence-electron chi connectivity index (χ3n) is 3.53. The van der Waals surface area contributed by atoms with E-state index in [-0.39, 0.29) is 30.3 Å². The van der Waals surface area contributed by atoms with Crippen molar-refractivity contribution in [2.45, 2.75) is 26.3 Å². The number of hydrogen-bond donors (Lipinski definition) is 0. The lowest BCUT2D eigenvalue weighted by Gasteiger charge is -2.25. The Morgan fingerprint density at radius 3 is 2.74 bits per heavy atom. The van der Waals surface area contributed by atoms with Gasteiger partial charge in [-0.2, -0.15) is 0 Å². The molecule has 1 fully saturated rings. The van der Waals surface area contributed by atoms with Crippen molar-refractivity contribution < 1.29 is 14.3 Å². The molecular weight excluding hydrogens is 242 g/mol. The summed E-state index contributed by atoms with van der Waals surface area (Å²) in [6, 6.07) is 9.84. The molecule has 0 radical (unpaired) electrons. The van der Waals surface area contributed by atoms with Gasteiger partial charge in [0.25, 0.3) is 0 Å². The van der Waals surface area contributed by atoms with Crippen molar-refractivity contribution in [1.82, 2.24) is 4.90 Å². The minimum atomic E-state index is -0.321. The summed E-state index contributed by atoms with van der Waals surface area (Å²) in [6.07, 6.45) is 0.260. The standard InChI is InChI=1S/C15H19NO3/c1-3-19-15(18)13-9-14(17)16(10-13)11(2)12-7-5-4-6-8-12/h4-8,11,13H,3,9-10H2,1-2H3/t11-,13-/m1/s1. The van der Waals surface area contributed by atoms with Crippen molar-refractivity contribution in [2.24, 2.45) is 5.92 Å². The molecule has 1 heterocycles. The number of nitrogens with zero attached hydrogens (tertiary/aromatic N) is 1. The van der Waals surface area contributed by atoms with Crippen molar-refractivity contribution >= 4 is 11.9 Å². The van der Waals surface area contributed by atoms with E-state index >= 15 is 0 Å². The van der Waals surface area contributed by atoms with Crippen molar-refractivity contribution in [3.63, 3.8) is 0 Å². The Bertz CT molecular complexity index is 458. The van der Waals surface area contributed by atoms with Crippen LogP contribution in [0.2, 0.25) is 0 Å². The number of benzene rings is 1. The van der Waals surface area contributed by atoms with Gasteiger partial charge in [0, 0.05) is 13.0 Å². The fourth-order valence-corrected chi connectivity index (χ4v) is 2.44. The van der Waals surface area contributed by atoms with Gasteiger partial charge < -0.3 is 9.64 Å². The fraction of sp³-hybridized carbons (Fsp3) is 0.467. The Balaban J connectivity index is 2.06. The summed E-state index contributed by atoms with van der Waals surface area (Å²) < 4.78 is 4.99. The Morgan fingerprint density at radius 2 is 2.11 bits per heavy atom. The molecule has 0 saturated carbocycles. The van der Waals surface area contributed by atoms with E-state index in [0.717, 1.165) is 5.56 Å². The summed E-state index contributed by atoms with van der Waals surface area (Å²) in [5.74, 6) is -0.563. The molecule has 0 spiro atoms. The van der Waals surface area contributed by atoms with Crippen LogP contribution in [0.5, 0.6) is 0 Å². The molecule has 0 aromatic heterocycles. The number of hydrogen-bond acceptors (Lipinski definition) is 3. The van der Waals surface area contributed by atoms with Crippen LogP contribution in [0.4, 0.5) is 0 Å². The number of carbonyl (C=O) groups excluding carboxylic acids is 2. The maximum absolute atomic E-state index is 12.0. The van der Waals surface area contributed by atoms with E-state index in [1.807, 2.05) is 37.3 Å². The summed E-state index contributed by atoms with van der Waals surface area (Å²) in [6.45, 7) is 4.57. The van der Waals surface area contributed by atoms with Gasteiger partial charge in [-0.15, -0.1) is 0 Å². The molecule has 1 aromatic rings. The van der Waals surface area contributed by atoms with E-state index in [2.05, 4.69) is 0 Å². The second kappa shape index (κ2) is 5.87. The SMILES string of the molecule is CCOC(=O)[C@@H]1CC(=O)N([C@H](C)c2ccccc2)C1. The first-order valence-electron chi connectivity index (χ1n) is 6.64. The molecule has 1 aromatic carbocycles. The van der Waals surface area contributed by atoms with E-state index < -0.39 is 0 Å². The third kappa shape index (κ3) is 2.95. The highest BCUT2D eigenvalue weighted by molar-refractivity contribution is 5.87. The Labute approximate surface area is 113 Å². The van der Waals surface area contributed by atoms with Crippen molar-refractivity contribution in [3.8, 4) is 0 Å². The minimum Gasteiger partial charge on any atom is -0.466 e. The number of carbonyl (C=O) groups is 2. The van der Waals surface area contributed by atoms with Crippen LogP contribution in [0.3, 0.4) is 0 Å². The van der Waals surface area contributed by atoms with Gasteiger partial charge in [0.2, 0.25) is 5.91 Å². The van der Waals surface area contributed by atoms with E-state index in [1.54, 1.807) is 11.8 Å². The van der Waals surface area contributed by atoms with Gasteiger partial charge in [-0.05, 0) is 19.4 Å². The number of likely N-dealkylation sites (tertiary alicyclic amines) is 1. The molecule has 19 heavy (non-hydrogen) atoms. The Hall–Kier alpha value is -1.84. The fourth-order valence-electron chi connectivity index (χ4n) is 2.44. The van der Waals surface area contributed by atoms with Crippen LogP contribution in [-0.2, 0) is 14.3 Å². The van der Waals surface area contributed by atoms with Gasteiger partial charge >= 0.3 is 5.97 Å². The highest BCUT2D eigenvalue weighted by Gasteiger charge is 2.37. The zero-order valence-electron chi connectivity index (χ0n) is 11.3. The Morgan fingerprint density at radius 1 is 1.42 bits per heavy atom. The minimum absolute atomic E-state index is 0.00636. The summed E-state index contributed by atoms with van der Waals surface area (Å²) in [7, 11) is 0. The molecule has 0 bridgehead atoms. The zero-order valence-corrected chi connectivity index (χ0v) is 11.3. The molecule has 0 aliphatic carbocycles. The summed E-state index contributed by atoms with van der Waals surface area (Å²) in [4.78, 5) is 25.5. The summed E-state index contributed by atoms with van der Waals surface area (Å²) in [5, 5.41) is 0. The summed E-state index contributed by atoms with van der Waals surface area (Å²) in [5.41, 5.74) is 1.08. The normalized spacial score (nSPS) is 20.4. The number of esters is 1. The Kier molecular flexibility index (Phi) is 4.20. The molecule has 1 amide bonds. The van der Waals surface area contributed by atoms with Crippen molar-refractivity contribution in [1.29, 1.82) is 0 Å². The number of ether oxygens (including phenoxy) is 1. The maximum Gasteiger partial charge on any atom is 0.311 e. The van der Waals surface area contributed by atoms with Gasteiger partial charge in [-0.1, -0.05) is 30.3 Å². The smallest absolute Gasteiger partial charge is 0.311 e. The predicted molar refractivity (Wildman–Crippen MR) is 71.3 cm³/mol. The lowest BCUT2D eigenvalue weighted by atomic mass is 10.1. The first-order valence-corrected chi connectivity index (χ1v) is 6.64. The lowest BCUT2D eigenvalue weighted by molar-refractivity contribution is -0.147. The van der Waals surface area contributed by atoms with Gasteiger partial charge in [0.15, 0.2) is 0 Å². The highest BCUT2D eigenvalue weighted by atomic mass is 16.5. The third-order valence-corrected chi connectivity index (χ3v) is 3.53. The molecule has 2 rings (SSSR count). The van der Waals surface area contributed by atoms with Gasteiger partial charge in [-0.3, -0.25) is 9.59 Å². The predicted octanol–water partition coefficient (Wildman–Crippen LogP) is 2.16. The molecule has 2 atom stereocenters. The monoisotopic (exact) mass is 261 g/mol. The van der Waals surface area contributed by atoms with Gasteiger partial charge in [0.1, 0.15) is 0 Å². The number of amides is 1. The van der Waals surface area contributed by atoms with Crippen molar-refractivity contribution in [3.05, 3.63) is 35.9 Å². The van der Waals surface area contributed by atoms with E-state index in [0.29, 0.717) is 13.2 Å². The molecule has 4 nitrogen and oxygen atoms in total. The molecule has 102 valence electrons. The lowest BCUT2D eigenvalue weighted by Crippen LogP contribution is -2.29. The van der Waals surface area contributed by atoms with Crippen LogP contribution in [0.15, 0.2) is 30.3 Å². The van der Waals surface area contributed by atoms with E-state index in [1.165, 1.54) is 0 Å². The van der Waals surface area contributed by atoms with Gasteiger partial charge in [0.05, 0.1) is 18.6 Å². The zero-order chi connectivity index (χ0) is 13.8. The molecular formula is C15H19NO3. The molecule has 4 heteroatoms. The maximum atomic E-state index is 12.0. The molecule has 0 unspecified atom stereocenters. The van der Waals surface area contributed by atoms with Gasteiger partial charge in [-0.25, -0.2) is 0 Å². The van der Waals surface area contributed by atoms with Crippen LogP contribution in [0.1, 0.15) is 31.9 Å². The highest BCUT2D eigenvalue weighted by Crippen LogP contribution is 2.28. The van der Waals surface area contributed by atoms with E-state index in [4.69, 9.17) is 4.74 Å². The second-order valence-corrected chi connectivity index (χ2v) is 4.79. The van der Waals surface area contributed by atoms with Crippen LogP contribution in [0, 0.1) is 5.92 Å². The molecule has 1 aliphatic rings. The first-order chi connectivity index (χ1) is 9.13. The first kappa shape index (κ1) is 13.6. The van der Waals surface area contributed by atoms with E-state index in [9.17, 15) is 9.59 Å². The molecule has 1 saturated heterocycles. The summed E-state index contributed by atoms with van der Waals surface area (Å²) >= 11 is 0. The number of rotatable bonds is 4. The van der Waals surface area contributed by atoms with Crippen molar-refractivity contribution in [2.75, 3.05) is 13.2 Å². The van der Waals surface area contributed by atoms with Crippen LogP contribution >= 0.6 is 0 Å². The van der Waals surface area contributed by atoms with Crippen LogP contribution in [-0.4, -0.2) is 29.9 Å². The molecule has 1 aliphatic heterocycles.